The molecule has 2 bridgehead atoms. The first-order chi connectivity index (χ1) is 32.9. The molecular weight excluding hydrogens is 1010 g/mol. The van der Waals surface area contributed by atoms with Gasteiger partial charge in [-0.1, -0.05) is 168 Å². The van der Waals surface area contributed by atoms with E-state index in [9.17, 15) is 1.37 Å². The van der Waals surface area contributed by atoms with Gasteiger partial charge >= 0.3 is 0 Å². The molecule has 3 aliphatic rings. The molecule has 13 rings (SSSR count). The van der Waals surface area contributed by atoms with E-state index >= 15 is 0 Å². The Morgan fingerprint density at radius 2 is 1.25 bits per heavy atom. The number of hydrogen-bond acceptors (Lipinski definition) is 2. The molecule has 3 aliphatic heterocycles. The Bertz CT molecular complexity index is 3510. The number of aromatic nitrogens is 2. The summed E-state index contributed by atoms with van der Waals surface area (Å²) in [5.41, 5.74) is 15.6. The van der Waals surface area contributed by atoms with Crippen LogP contribution in [-0.4, -0.2) is 16.2 Å². The number of ether oxygens (including phenoxy) is 1. The smallest absolute Gasteiger partial charge is 0.184 e. The maximum absolute atomic E-state index is 9.54. The molecule has 0 saturated carbocycles. The molecule has 336 valence electrons. The number of benzene rings is 8. The van der Waals surface area contributed by atoms with E-state index in [4.69, 9.17) is 9.72 Å². The fraction of sp³-hybridized carbons (Fsp3) is 0.129. The third kappa shape index (κ3) is 6.98. The van der Waals surface area contributed by atoms with Gasteiger partial charge in [0, 0.05) is 74.1 Å². The van der Waals surface area contributed by atoms with Crippen molar-refractivity contribution < 1.29 is 27.2 Å². The minimum absolute atomic E-state index is 0. The number of para-hydroxylation sites is 2. The Balaban J connectivity index is 0.00000520. The first-order valence-electron chi connectivity index (χ1n) is 23.7. The van der Waals surface area contributed by atoms with E-state index in [-0.39, 0.29) is 26.5 Å². The van der Waals surface area contributed by atoms with E-state index in [0.29, 0.717) is 27.1 Å². The van der Waals surface area contributed by atoms with Gasteiger partial charge in [0.05, 0.1) is 6.67 Å². The van der Waals surface area contributed by atoms with Crippen LogP contribution in [0.5, 0.6) is 11.5 Å². The normalized spacial score (nSPS) is 17.6. The van der Waals surface area contributed by atoms with Crippen LogP contribution in [0.2, 0.25) is 0 Å². The average molecular weight is 1060 g/mol. The van der Waals surface area contributed by atoms with Crippen LogP contribution in [0.3, 0.4) is 0 Å². The molecule has 1 fully saturated rings. The Labute approximate surface area is 415 Å². The quantitative estimate of drug-likeness (QED) is 0.106. The number of fused-ring (bicyclic) bond motifs is 3. The van der Waals surface area contributed by atoms with E-state index in [0.717, 1.165) is 66.9 Å². The maximum atomic E-state index is 9.54. The molecule has 5 heterocycles. The number of hydrogen-bond donors (Lipinski definition) is 0. The fourth-order valence-electron chi connectivity index (χ4n) is 10.7. The fourth-order valence-corrected chi connectivity index (χ4v) is 10.7. The molecule has 8 aromatic carbocycles. The molecule has 0 N–H and O–H groups in total. The zero-order valence-corrected chi connectivity index (χ0v) is 41.0. The van der Waals surface area contributed by atoms with Crippen LogP contribution in [0, 0.1) is 18.8 Å². The molecule has 1 saturated heterocycles. The summed E-state index contributed by atoms with van der Waals surface area (Å²) in [5, 5.41) is 2.19. The first-order valence-corrected chi connectivity index (χ1v) is 23.2. The molecule has 10 aromatic rings. The second-order valence-electron chi connectivity index (χ2n) is 19.3. The van der Waals surface area contributed by atoms with E-state index in [2.05, 4.69) is 220 Å². The predicted octanol–water partition coefficient (Wildman–Crippen LogP) is 16.4. The Kier molecular flexibility index (Phi) is 10.4. The molecule has 2 aromatic heterocycles. The summed E-state index contributed by atoms with van der Waals surface area (Å²) in [7, 11) is 0. The minimum Gasteiger partial charge on any atom is -0.509 e. The standard InChI is InChI=1S/C62H51N4O.Pt/c1-42(2)51-26-17-29-58-61(51)66(60-52(44-20-11-7-12-21-44)27-16-28-53(60)45-22-13-8-14-23-45)40-65(58,41-66)48-24-15-25-49(38-48)67-50-31-32-54-55-36-46(43-18-9-6-10-19-43)30-33-56(55)64(57(54)39-50)59-37-47(34-35-63-59)62(3,4)5;/h6-37,40,42H,41H2,1-5H3;/q-1;/t65-,66+;/m1./s1/i42D;. The Morgan fingerprint density at radius 3 is 1.91 bits per heavy atom. The largest absolute Gasteiger partial charge is 0.509 e. The number of nitrogens with zero attached hydrogens (tertiary/aromatic N) is 4. The third-order valence-electron chi connectivity index (χ3n) is 13.8. The van der Waals surface area contributed by atoms with Gasteiger partial charge in [-0.05, 0) is 74.8 Å². The summed E-state index contributed by atoms with van der Waals surface area (Å²) in [4.78, 5) is 4.95. The van der Waals surface area contributed by atoms with Crippen LogP contribution in [0.1, 0.15) is 53.0 Å². The summed E-state index contributed by atoms with van der Waals surface area (Å²) in [5.74, 6) is 1.17. The van der Waals surface area contributed by atoms with Gasteiger partial charge in [-0.25, -0.2) is 4.98 Å². The molecule has 0 amide bonds. The van der Waals surface area contributed by atoms with Crippen LogP contribution in [-0.2, 0) is 26.5 Å². The molecule has 2 atom stereocenters. The molecule has 0 aliphatic carbocycles. The predicted molar refractivity (Wildman–Crippen MR) is 277 cm³/mol. The third-order valence-corrected chi connectivity index (χ3v) is 13.8. The maximum Gasteiger partial charge on any atom is 0.184 e. The van der Waals surface area contributed by atoms with Crippen LogP contribution in [0.4, 0.5) is 22.7 Å². The van der Waals surface area contributed by atoms with Crippen molar-refractivity contribution in [3.05, 3.63) is 224 Å². The van der Waals surface area contributed by atoms with Gasteiger partial charge in [-0.3, -0.25) is 4.48 Å². The van der Waals surface area contributed by atoms with Gasteiger partial charge < -0.3 is 13.8 Å². The van der Waals surface area contributed by atoms with E-state index < -0.39 is 5.89 Å². The van der Waals surface area contributed by atoms with Crippen molar-refractivity contribution in [1.29, 1.82) is 0 Å². The van der Waals surface area contributed by atoms with Crippen molar-refractivity contribution in [1.82, 2.24) is 18.5 Å². The van der Waals surface area contributed by atoms with Gasteiger partial charge in [-0.2, -0.15) is 12.1 Å². The molecule has 0 spiro atoms. The van der Waals surface area contributed by atoms with Crippen molar-refractivity contribution in [2.75, 3.05) is 6.67 Å². The molecule has 0 unspecified atom stereocenters. The van der Waals surface area contributed by atoms with Crippen LogP contribution in [0.25, 0.3) is 61.0 Å². The van der Waals surface area contributed by atoms with Crippen LogP contribution >= 0.6 is 0 Å². The van der Waals surface area contributed by atoms with E-state index in [1.165, 1.54) is 27.9 Å². The zero-order chi connectivity index (χ0) is 46.4. The summed E-state index contributed by atoms with van der Waals surface area (Å²) < 4.78 is 19.6. The summed E-state index contributed by atoms with van der Waals surface area (Å²) in [6.07, 6.45) is 1.91. The molecule has 6 heteroatoms. The Hall–Kier alpha value is -6.88. The van der Waals surface area contributed by atoms with Gasteiger partial charge in [-0.15, -0.1) is 29.7 Å². The SMILES string of the molecule is [2H]C(C)(C)c1cccc2c1[N@@+]1(c3c(-c4ccccc4)cccc3-c3ccccc3)[CH-][N@+]2(c2[c-]c(Oc3[c-]c4c(cc3)c3cc(-c5ccccc5)ccc3n4-c3cc(C(C)(C)C)ccn3)ccc2)C1.[Pt]. The van der Waals surface area contributed by atoms with Gasteiger partial charge in [0.2, 0.25) is 0 Å². The molecule has 0 radical (unpaired) electrons. The summed E-state index contributed by atoms with van der Waals surface area (Å²) >= 11 is 0. The Morgan fingerprint density at radius 1 is 0.618 bits per heavy atom. The number of pyridine rings is 1. The minimum atomic E-state index is -0.861. The van der Waals surface area contributed by atoms with Gasteiger partial charge in [0.15, 0.2) is 18.0 Å². The number of rotatable bonds is 9. The van der Waals surface area contributed by atoms with Gasteiger partial charge in [0.25, 0.3) is 0 Å². The summed E-state index contributed by atoms with van der Waals surface area (Å²) in [6.45, 7) is 13.8. The monoisotopic (exact) mass is 1060 g/mol. The second-order valence-corrected chi connectivity index (χ2v) is 19.3. The molecule has 5 nitrogen and oxygen atoms in total. The van der Waals surface area contributed by atoms with Crippen LogP contribution in [0.15, 0.2) is 194 Å². The van der Waals surface area contributed by atoms with E-state index in [1.807, 2.05) is 32.2 Å². The molecular formula is C62H51N4OPt-. The van der Waals surface area contributed by atoms with E-state index in [1.54, 1.807) is 0 Å². The van der Waals surface area contributed by atoms with Crippen molar-refractivity contribution >= 4 is 44.6 Å². The van der Waals surface area contributed by atoms with Crippen molar-refractivity contribution in [3.8, 4) is 50.7 Å². The zero-order valence-electron chi connectivity index (χ0n) is 39.8. The first kappa shape index (κ1) is 42.5. The van der Waals surface area contributed by atoms with Gasteiger partial charge in [0.1, 0.15) is 11.5 Å². The summed E-state index contributed by atoms with van der Waals surface area (Å²) in [6, 6.07) is 74.0. The average Bonchev–Trinajstić information content (AvgIpc) is 3.95. The van der Waals surface area contributed by atoms with Crippen molar-refractivity contribution in [2.45, 2.75) is 45.9 Å². The van der Waals surface area contributed by atoms with Crippen LogP contribution < -0.4 is 13.7 Å². The second kappa shape index (κ2) is 16.7. The van der Waals surface area contributed by atoms with Crippen molar-refractivity contribution in [2.24, 2.45) is 0 Å². The van der Waals surface area contributed by atoms with Crippen molar-refractivity contribution in [3.63, 3.8) is 0 Å². The number of quaternary nitrogens is 2. The topological polar surface area (TPSA) is 27.1 Å². The molecule has 68 heavy (non-hydrogen) atoms.